The molecule has 0 N–H and O–H groups in total. The summed E-state index contributed by atoms with van der Waals surface area (Å²) in [6.45, 7) is 9.65. The van der Waals surface area contributed by atoms with E-state index < -0.39 is 17.5 Å². The zero-order valence-electron chi connectivity index (χ0n) is 22.2. The topological polar surface area (TPSA) is 41.4 Å². The summed E-state index contributed by atoms with van der Waals surface area (Å²) in [6.07, 6.45) is 6.60. The number of rotatable bonds is 14. The van der Waals surface area contributed by atoms with Gasteiger partial charge in [0.1, 0.15) is 17.5 Å². The minimum Gasteiger partial charge on any atom is -0.331 e. The molecule has 0 unspecified atom stereocenters. The van der Waals surface area contributed by atoms with E-state index in [1.54, 1.807) is 4.90 Å². The highest BCUT2D eigenvalue weighted by atomic mass is 19.1. The van der Waals surface area contributed by atoms with E-state index in [2.05, 4.69) is 48.6 Å². The lowest BCUT2D eigenvalue weighted by Crippen LogP contribution is -2.33. The first-order valence-electron chi connectivity index (χ1n) is 13.3. The molecule has 0 spiro atoms. The predicted molar refractivity (Wildman–Crippen MR) is 142 cm³/mol. The van der Waals surface area contributed by atoms with Crippen LogP contribution in [0.4, 0.5) is 8.78 Å². The molecule has 196 valence electrons. The van der Waals surface area contributed by atoms with Gasteiger partial charge in [0.2, 0.25) is 0 Å². The number of carbonyl (C=O) groups excluding carboxylic acids is 1. The van der Waals surface area contributed by atoms with E-state index >= 15 is 0 Å². The minimum atomic E-state index is -0.715. The lowest BCUT2D eigenvalue weighted by Gasteiger charge is -2.23. The number of fused-ring (bicyclic) bond motifs is 1. The van der Waals surface area contributed by atoms with Crippen LogP contribution in [0, 0.1) is 11.6 Å². The summed E-state index contributed by atoms with van der Waals surface area (Å²) in [5.41, 5.74) is 2.89. The molecule has 36 heavy (non-hydrogen) atoms. The fourth-order valence-electron chi connectivity index (χ4n) is 4.64. The quantitative estimate of drug-likeness (QED) is 0.230. The average Bonchev–Trinajstić information content (AvgIpc) is 3.19. The van der Waals surface area contributed by atoms with Crippen molar-refractivity contribution >= 4 is 16.9 Å². The van der Waals surface area contributed by atoms with Crippen LogP contribution in [-0.4, -0.2) is 45.4 Å². The van der Waals surface area contributed by atoms with Gasteiger partial charge in [-0.15, -0.1) is 0 Å². The molecule has 0 aliphatic carbocycles. The lowest BCUT2D eigenvalue weighted by molar-refractivity contribution is 0.0732. The number of carbonyl (C=O) groups is 1. The van der Waals surface area contributed by atoms with Crippen LogP contribution in [0.3, 0.4) is 0 Å². The third kappa shape index (κ3) is 7.12. The zero-order valence-corrected chi connectivity index (χ0v) is 22.2. The normalized spacial score (nSPS) is 11.5. The fraction of sp³-hybridized carbons (Fsp3) is 0.517. The Labute approximate surface area is 214 Å². The highest BCUT2D eigenvalue weighted by Gasteiger charge is 2.22. The minimum absolute atomic E-state index is 0.240. The molecule has 2 aromatic carbocycles. The van der Waals surface area contributed by atoms with E-state index in [0.29, 0.717) is 13.0 Å². The molecule has 0 fully saturated rings. The van der Waals surface area contributed by atoms with E-state index in [1.165, 1.54) is 31.2 Å². The van der Waals surface area contributed by atoms with Crippen LogP contribution >= 0.6 is 0 Å². The third-order valence-corrected chi connectivity index (χ3v) is 6.46. The summed E-state index contributed by atoms with van der Waals surface area (Å²) < 4.78 is 30.3. The second-order valence-electron chi connectivity index (χ2n) is 9.65. The highest BCUT2D eigenvalue weighted by Crippen LogP contribution is 2.22. The number of imidazole rings is 1. The van der Waals surface area contributed by atoms with Gasteiger partial charge in [-0.05, 0) is 68.8 Å². The van der Waals surface area contributed by atoms with Crippen LogP contribution in [0.1, 0.15) is 81.0 Å². The summed E-state index contributed by atoms with van der Waals surface area (Å²) in [5.74, 6) is -1.10. The van der Waals surface area contributed by atoms with Crippen LogP contribution in [0.15, 0.2) is 36.4 Å². The Morgan fingerprint density at radius 1 is 0.917 bits per heavy atom. The van der Waals surface area contributed by atoms with Crippen LogP contribution in [0.5, 0.6) is 0 Å². The molecule has 5 nitrogen and oxygen atoms in total. The molecule has 0 bridgehead atoms. The number of nitrogens with zero attached hydrogens (tertiary/aromatic N) is 4. The first kappa shape index (κ1) is 27.8. The molecule has 3 aromatic rings. The molecular weight excluding hydrogens is 458 g/mol. The Balaban J connectivity index is 1.84. The van der Waals surface area contributed by atoms with Crippen molar-refractivity contribution in [1.29, 1.82) is 0 Å². The Hall–Kier alpha value is -2.80. The van der Waals surface area contributed by atoms with E-state index in [1.807, 2.05) is 6.92 Å². The number of hydrogen-bond donors (Lipinski definition) is 0. The van der Waals surface area contributed by atoms with E-state index in [-0.39, 0.29) is 12.1 Å². The number of hydrogen-bond acceptors (Lipinski definition) is 3. The second-order valence-corrected chi connectivity index (χ2v) is 9.65. The van der Waals surface area contributed by atoms with Crippen molar-refractivity contribution in [3.63, 3.8) is 0 Å². The fourth-order valence-corrected chi connectivity index (χ4v) is 4.64. The molecule has 0 atom stereocenters. The summed E-state index contributed by atoms with van der Waals surface area (Å²) in [6, 6.07) is 9.39. The Bertz CT molecular complexity index is 1140. The van der Waals surface area contributed by atoms with E-state index in [4.69, 9.17) is 4.98 Å². The first-order valence-corrected chi connectivity index (χ1v) is 13.3. The molecule has 0 saturated heterocycles. The monoisotopic (exact) mass is 498 g/mol. The Morgan fingerprint density at radius 2 is 1.72 bits per heavy atom. The lowest BCUT2D eigenvalue weighted by atomic mass is 10.1. The third-order valence-electron chi connectivity index (χ3n) is 6.46. The van der Waals surface area contributed by atoms with Gasteiger partial charge in [0.05, 0.1) is 23.1 Å². The second kappa shape index (κ2) is 13.5. The van der Waals surface area contributed by atoms with Crippen molar-refractivity contribution in [3.8, 4) is 0 Å². The maximum Gasteiger partial charge on any atom is 0.257 e. The van der Waals surface area contributed by atoms with Crippen molar-refractivity contribution in [1.82, 2.24) is 19.4 Å². The van der Waals surface area contributed by atoms with Gasteiger partial charge in [-0.2, -0.15) is 0 Å². The van der Waals surface area contributed by atoms with Crippen molar-refractivity contribution in [2.75, 3.05) is 20.1 Å². The van der Waals surface area contributed by atoms with Crippen molar-refractivity contribution < 1.29 is 13.6 Å². The van der Waals surface area contributed by atoms with Gasteiger partial charge in [0.15, 0.2) is 0 Å². The largest absolute Gasteiger partial charge is 0.331 e. The molecule has 0 aliphatic rings. The Morgan fingerprint density at radius 3 is 2.44 bits per heavy atom. The SMILES string of the molecule is CCCCCCN(C)Cc1ccc2c(c1)nc(CN(CCC)C(=O)c1cc(F)ccc1F)n2CCC. The molecule has 0 aliphatic heterocycles. The van der Waals surface area contributed by atoms with Crippen LogP contribution in [0.2, 0.25) is 0 Å². The van der Waals surface area contributed by atoms with Gasteiger partial charge in [-0.25, -0.2) is 13.8 Å². The van der Waals surface area contributed by atoms with Crippen molar-refractivity contribution in [2.45, 2.75) is 78.9 Å². The highest BCUT2D eigenvalue weighted by molar-refractivity contribution is 5.94. The molecule has 1 heterocycles. The number of benzene rings is 2. The van der Waals surface area contributed by atoms with E-state index in [0.717, 1.165) is 61.1 Å². The molecule has 1 aromatic heterocycles. The van der Waals surface area contributed by atoms with Crippen LogP contribution < -0.4 is 0 Å². The maximum absolute atomic E-state index is 14.4. The number of aromatic nitrogens is 2. The van der Waals surface area contributed by atoms with Gasteiger partial charge < -0.3 is 14.4 Å². The molecule has 0 saturated carbocycles. The molecular formula is C29H40F2N4O. The number of amides is 1. The number of aryl methyl sites for hydroxylation is 1. The van der Waals surface area contributed by atoms with Crippen molar-refractivity contribution in [3.05, 3.63) is 65.0 Å². The van der Waals surface area contributed by atoms with Crippen LogP contribution in [0.25, 0.3) is 11.0 Å². The van der Waals surface area contributed by atoms with Gasteiger partial charge >= 0.3 is 0 Å². The van der Waals surface area contributed by atoms with Crippen molar-refractivity contribution in [2.24, 2.45) is 0 Å². The van der Waals surface area contributed by atoms with Gasteiger partial charge in [0, 0.05) is 19.6 Å². The molecule has 0 radical (unpaired) electrons. The van der Waals surface area contributed by atoms with Gasteiger partial charge in [-0.3, -0.25) is 4.79 Å². The Kier molecular flexibility index (Phi) is 10.4. The molecule has 3 rings (SSSR count). The van der Waals surface area contributed by atoms with Crippen LogP contribution in [-0.2, 0) is 19.6 Å². The molecule has 1 amide bonds. The zero-order chi connectivity index (χ0) is 26.1. The summed E-state index contributed by atoms with van der Waals surface area (Å²) in [4.78, 5) is 22.0. The molecule has 7 heteroatoms. The summed E-state index contributed by atoms with van der Waals surface area (Å²) in [5, 5.41) is 0. The van der Waals surface area contributed by atoms with Gasteiger partial charge in [0.25, 0.3) is 5.91 Å². The number of unbranched alkanes of at least 4 members (excludes halogenated alkanes) is 3. The average molecular weight is 499 g/mol. The summed E-state index contributed by atoms with van der Waals surface area (Å²) in [7, 11) is 2.15. The van der Waals surface area contributed by atoms with Gasteiger partial charge in [-0.1, -0.05) is 46.1 Å². The maximum atomic E-state index is 14.4. The first-order chi connectivity index (χ1) is 17.4. The smallest absolute Gasteiger partial charge is 0.257 e. The summed E-state index contributed by atoms with van der Waals surface area (Å²) >= 11 is 0. The number of halogens is 2. The standard InChI is InChI=1S/C29H40F2N4O/c1-5-8-9-10-17-33(4)20-22-11-14-27-26(18-22)32-28(35(27)16-7-3)21-34(15-6-2)29(36)24-19-23(30)12-13-25(24)31/h11-14,18-19H,5-10,15-17,20-21H2,1-4H3. The predicted octanol–water partition coefficient (Wildman–Crippen LogP) is 6.79. The van der Waals surface area contributed by atoms with E-state index in [9.17, 15) is 13.6 Å².